The lowest BCUT2D eigenvalue weighted by atomic mass is 9.98. The molecule has 1 N–H and O–H groups in total. The Hall–Kier alpha value is -4.00. The van der Waals surface area contributed by atoms with Gasteiger partial charge in [0.1, 0.15) is 23.7 Å². The van der Waals surface area contributed by atoms with Gasteiger partial charge in [-0.15, -0.1) is 0 Å². The number of rotatable bonds is 6. The fourth-order valence-electron chi connectivity index (χ4n) is 4.13. The van der Waals surface area contributed by atoms with Crippen molar-refractivity contribution in [3.8, 4) is 28.1 Å². The van der Waals surface area contributed by atoms with E-state index >= 15 is 0 Å². The normalized spacial score (nSPS) is 13.0. The SMILES string of the molecule is CC(C)c1ccc(COc2ccc(-c3c(-c4ccncc4F)nn4c3C(=O)NCC4)cc2)cc1. The van der Waals surface area contributed by atoms with Gasteiger partial charge in [-0.2, -0.15) is 5.10 Å². The van der Waals surface area contributed by atoms with Crippen molar-refractivity contribution < 1.29 is 13.9 Å². The first kappa shape index (κ1) is 21.8. The molecule has 172 valence electrons. The van der Waals surface area contributed by atoms with E-state index in [1.54, 1.807) is 10.7 Å². The zero-order valence-corrected chi connectivity index (χ0v) is 19.1. The van der Waals surface area contributed by atoms with Crippen LogP contribution in [0.4, 0.5) is 4.39 Å². The molecule has 0 radical (unpaired) electrons. The Morgan fingerprint density at radius 3 is 2.56 bits per heavy atom. The van der Waals surface area contributed by atoms with Crippen LogP contribution in [0.25, 0.3) is 22.4 Å². The molecule has 1 amide bonds. The molecule has 7 heteroatoms. The summed E-state index contributed by atoms with van der Waals surface area (Å²) in [6.07, 6.45) is 2.67. The molecular formula is C27H25FN4O2. The number of pyridine rings is 1. The molecule has 2 aromatic heterocycles. The zero-order chi connectivity index (χ0) is 23.7. The van der Waals surface area contributed by atoms with Crippen LogP contribution in [-0.2, 0) is 13.2 Å². The number of amides is 1. The highest BCUT2D eigenvalue weighted by atomic mass is 19.1. The fourth-order valence-corrected chi connectivity index (χ4v) is 4.13. The molecule has 0 atom stereocenters. The van der Waals surface area contributed by atoms with E-state index in [4.69, 9.17) is 4.74 Å². The van der Waals surface area contributed by atoms with Crippen LogP contribution in [0, 0.1) is 5.82 Å². The van der Waals surface area contributed by atoms with Gasteiger partial charge in [-0.1, -0.05) is 50.2 Å². The van der Waals surface area contributed by atoms with Crippen molar-refractivity contribution in [1.29, 1.82) is 0 Å². The lowest BCUT2D eigenvalue weighted by molar-refractivity contribution is 0.0925. The predicted octanol–water partition coefficient (Wildman–Crippen LogP) is 5.20. The maximum Gasteiger partial charge on any atom is 0.270 e. The highest BCUT2D eigenvalue weighted by molar-refractivity contribution is 6.03. The van der Waals surface area contributed by atoms with Crippen LogP contribution in [-0.4, -0.2) is 27.2 Å². The molecule has 34 heavy (non-hydrogen) atoms. The maximum absolute atomic E-state index is 14.6. The Balaban J connectivity index is 1.44. The molecule has 6 nitrogen and oxygen atoms in total. The Labute approximate surface area is 197 Å². The molecule has 3 heterocycles. The van der Waals surface area contributed by atoms with E-state index in [9.17, 15) is 9.18 Å². The van der Waals surface area contributed by atoms with Crippen LogP contribution >= 0.6 is 0 Å². The van der Waals surface area contributed by atoms with E-state index in [-0.39, 0.29) is 5.91 Å². The minimum absolute atomic E-state index is 0.223. The first-order valence-electron chi connectivity index (χ1n) is 11.3. The van der Waals surface area contributed by atoms with Crippen molar-refractivity contribution >= 4 is 5.91 Å². The van der Waals surface area contributed by atoms with E-state index in [1.807, 2.05) is 24.3 Å². The summed E-state index contributed by atoms with van der Waals surface area (Å²) in [5.41, 5.74) is 4.90. The molecule has 0 saturated carbocycles. The second-order valence-electron chi connectivity index (χ2n) is 8.62. The number of benzene rings is 2. The average Bonchev–Trinajstić information content (AvgIpc) is 3.24. The van der Waals surface area contributed by atoms with Crippen molar-refractivity contribution in [2.45, 2.75) is 32.9 Å². The van der Waals surface area contributed by atoms with E-state index in [2.05, 4.69) is 53.5 Å². The number of ether oxygens (including phenoxy) is 1. The Morgan fingerprint density at radius 2 is 1.85 bits per heavy atom. The molecule has 0 unspecified atom stereocenters. The first-order chi connectivity index (χ1) is 16.5. The number of fused-ring (bicyclic) bond motifs is 1. The summed E-state index contributed by atoms with van der Waals surface area (Å²) in [6, 6.07) is 17.5. The van der Waals surface area contributed by atoms with Gasteiger partial charge in [0.15, 0.2) is 5.82 Å². The minimum atomic E-state index is -0.483. The topological polar surface area (TPSA) is 69.0 Å². The second kappa shape index (κ2) is 9.09. The van der Waals surface area contributed by atoms with E-state index in [1.165, 1.54) is 11.8 Å². The third-order valence-electron chi connectivity index (χ3n) is 6.00. The number of carbonyl (C=O) groups is 1. The average molecular weight is 457 g/mol. The highest BCUT2D eigenvalue weighted by Crippen LogP contribution is 2.37. The van der Waals surface area contributed by atoms with Crippen LogP contribution < -0.4 is 10.1 Å². The van der Waals surface area contributed by atoms with Crippen LogP contribution in [0.15, 0.2) is 67.0 Å². The van der Waals surface area contributed by atoms with Crippen molar-refractivity contribution in [2.24, 2.45) is 0 Å². The van der Waals surface area contributed by atoms with Gasteiger partial charge < -0.3 is 10.1 Å². The molecule has 4 aromatic rings. The molecule has 5 rings (SSSR count). The first-order valence-corrected chi connectivity index (χ1v) is 11.3. The number of hydrogen-bond donors (Lipinski definition) is 1. The highest BCUT2D eigenvalue weighted by Gasteiger charge is 2.29. The fraction of sp³-hybridized carbons (Fsp3) is 0.222. The number of hydrogen-bond acceptors (Lipinski definition) is 4. The molecule has 1 aliphatic rings. The smallest absolute Gasteiger partial charge is 0.270 e. The molecular weight excluding hydrogens is 431 g/mol. The molecule has 0 fully saturated rings. The number of nitrogens with one attached hydrogen (secondary N) is 1. The second-order valence-corrected chi connectivity index (χ2v) is 8.62. The van der Waals surface area contributed by atoms with Crippen LogP contribution in [0.3, 0.4) is 0 Å². The van der Waals surface area contributed by atoms with Crippen LogP contribution in [0.5, 0.6) is 5.75 Å². The quantitative estimate of drug-likeness (QED) is 0.433. The number of nitrogens with zero attached hydrogens (tertiary/aromatic N) is 3. The predicted molar refractivity (Wildman–Crippen MR) is 128 cm³/mol. The summed E-state index contributed by atoms with van der Waals surface area (Å²) in [6.45, 7) is 5.80. The van der Waals surface area contributed by atoms with Crippen LogP contribution in [0.1, 0.15) is 41.4 Å². The molecule has 0 bridgehead atoms. The molecule has 1 aliphatic heterocycles. The number of halogens is 1. The third-order valence-corrected chi connectivity index (χ3v) is 6.00. The van der Waals surface area contributed by atoms with E-state index < -0.39 is 5.82 Å². The van der Waals surface area contributed by atoms with E-state index in [0.29, 0.717) is 53.9 Å². The molecule has 0 spiro atoms. The van der Waals surface area contributed by atoms with Gasteiger partial charge in [-0.25, -0.2) is 4.39 Å². The summed E-state index contributed by atoms with van der Waals surface area (Å²) in [7, 11) is 0. The monoisotopic (exact) mass is 456 g/mol. The number of carbonyl (C=O) groups excluding carboxylic acids is 1. The van der Waals surface area contributed by atoms with Crippen LogP contribution in [0.2, 0.25) is 0 Å². The Morgan fingerprint density at radius 1 is 1.09 bits per heavy atom. The third kappa shape index (κ3) is 4.17. The van der Waals surface area contributed by atoms with Gasteiger partial charge in [-0.05, 0) is 40.8 Å². The van der Waals surface area contributed by atoms with Gasteiger partial charge in [0, 0.05) is 23.9 Å². The maximum atomic E-state index is 14.6. The van der Waals surface area contributed by atoms with Crippen molar-refractivity contribution in [3.05, 3.63) is 89.6 Å². The summed E-state index contributed by atoms with van der Waals surface area (Å²) in [5, 5.41) is 7.44. The van der Waals surface area contributed by atoms with Gasteiger partial charge >= 0.3 is 0 Å². The van der Waals surface area contributed by atoms with Crippen molar-refractivity contribution in [1.82, 2.24) is 20.1 Å². The summed E-state index contributed by atoms with van der Waals surface area (Å²) < 4.78 is 22.2. The molecule has 0 aliphatic carbocycles. The van der Waals surface area contributed by atoms with Gasteiger partial charge in [0.25, 0.3) is 5.91 Å². The van der Waals surface area contributed by atoms with E-state index in [0.717, 1.165) is 17.3 Å². The summed E-state index contributed by atoms with van der Waals surface area (Å²) in [4.78, 5) is 16.5. The van der Waals surface area contributed by atoms with Gasteiger partial charge in [0.05, 0.1) is 12.7 Å². The Kier molecular flexibility index (Phi) is 5.84. The lowest BCUT2D eigenvalue weighted by Gasteiger charge is -2.15. The largest absolute Gasteiger partial charge is 0.489 e. The van der Waals surface area contributed by atoms with Crippen molar-refractivity contribution in [2.75, 3.05) is 6.54 Å². The Bertz CT molecular complexity index is 1330. The standard InChI is InChI=1S/C27H25FN4O2/c1-17(2)19-5-3-18(4-6-19)16-34-21-9-7-20(8-10-21)24-25(22-11-12-29-15-23(22)28)31-32-14-13-30-27(33)26(24)32/h3-12,15,17H,13-14,16H2,1-2H3,(H,30,33). The molecule has 0 saturated heterocycles. The minimum Gasteiger partial charge on any atom is -0.489 e. The van der Waals surface area contributed by atoms with Gasteiger partial charge in [-0.3, -0.25) is 14.5 Å². The lowest BCUT2D eigenvalue weighted by Crippen LogP contribution is -2.35. The summed E-state index contributed by atoms with van der Waals surface area (Å²) in [5.74, 6) is 0.492. The molecule has 2 aromatic carbocycles. The van der Waals surface area contributed by atoms with Gasteiger partial charge in [0.2, 0.25) is 0 Å². The summed E-state index contributed by atoms with van der Waals surface area (Å²) >= 11 is 0. The van der Waals surface area contributed by atoms with Crippen molar-refractivity contribution in [3.63, 3.8) is 0 Å². The zero-order valence-electron chi connectivity index (χ0n) is 19.1. The number of aromatic nitrogens is 3.